The van der Waals surface area contributed by atoms with E-state index >= 15 is 0 Å². The Bertz CT molecular complexity index is 2900. The fourth-order valence-electron chi connectivity index (χ4n) is 7.51. The van der Waals surface area contributed by atoms with E-state index in [4.69, 9.17) is 6.57 Å². The molecule has 0 aliphatic carbocycles. The van der Waals surface area contributed by atoms with Crippen LogP contribution < -0.4 is 0 Å². The molecule has 230 valence electrons. The number of benzene rings is 7. The highest BCUT2D eigenvalue weighted by Crippen LogP contribution is 2.46. The zero-order valence-corrected chi connectivity index (χ0v) is 26.7. The average molecular weight is 636 g/mol. The predicted octanol–water partition coefficient (Wildman–Crippen LogP) is 11.5. The van der Waals surface area contributed by atoms with Crippen LogP contribution in [0.3, 0.4) is 0 Å². The molecule has 0 aliphatic heterocycles. The highest BCUT2D eigenvalue weighted by molar-refractivity contribution is 6.11. The maximum absolute atomic E-state index is 10.6. The van der Waals surface area contributed by atoms with Crippen molar-refractivity contribution in [2.24, 2.45) is 0 Å². The molecule has 0 bridgehead atoms. The first-order chi connectivity index (χ1) is 24.7. The Hall–Kier alpha value is -7.39. The minimum atomic E-state index is 0.463. The van der Waals surface area contributed by atoms with Crippen LogP contribution in [-0.2, 0) is 0 Å². The molecule has 2 heterocycles. The van der Waals surface area contributed by atoms with Gasteiger partial charge in [0.05, 0.1) is 57.6 Å². The van der Waals surface area contributed by atoms with Gasteiger partial charge < -0.3 is 9.13 Å². The van der Waals surface area contributed by atoms with Gasteiger partial charge in [0, 0.05) is 32.8 Å². The van der Waals surface area contributed by atoms with Crippen LogP contribution in [0.4, 0.5) is 5.69 Å². The van der Waals surface area contributed by atoms with Crippen LogP contribution in [0.2, 0.25) is 0 Å². The van der Waals surface area contributed by atoms with Gasteiger partial charge in [0.2, 0.25) is 0 Å². The molecule has 0 saturated carbocycles. The fourth-order valence-corrected chi connectivity index (χ4v) is 7.51. The minimum Gasteiger partial charge on any atom is -0.309 e. The summed E-state index contributed by atoms with van der Waals surface area (Å²) >= 11 is 0. The largest absolute Gasteiger partial charge is 0.309 e. The molecule has 7 aromatic carbocycles. The summed E-state index contributed by atoms with van der Waals surface area (Å²) in [4.78, 5) is 4.00. The van der Waals surface area contributed by atoms with E-state index in [9.17, 15) is 10.5 Å². The Morgan fingerprint density at radius 2 is 1.10 bits per heavy atom. The zero-order valence-electron chi connectivity index (χ0n) is 26.7. The Morgan fingerprint density at radius 3 is 1.74 bits per heavy atom. The molecule has 0 amide bonds. The molecule has 5 heteroatoms. The molecule has 0 N–H and O–H groups in total. The molecule has 0 spiro atoms. The average Bonchev–Trinajstić information content (AvgIpc) is 3.70. The molecular formula is C45H25N5. The summed E-state index contributed by atoms with van der Waals surface area (Å²) in [6.45, 7) is 8.26. The number of nitriles is 2. The summed E-state index contributed by atoms with van der Waals surface area (Å²) in [7, 11) is 0. The third kappa shape index (κ3) is 4.24. The maximum Gasteiger partial charge on any atom is 0.195 e. The molecular weight excluding hydrogens is 611 g/mol. The molecule has 50 heavy (non-hydrogen) atoms. The van der Waals surface area contributed by atoms with Crippen molar-refractivity contribution in [1.29, 1.82) is 10.5 Å². The quantitative estimate of drug-likeness (QED) is 0.181. The van der Waals surface area contributed by atoms with Gasteiger partial charge in [-0.3, -0.25) is 0 Å². The third-order valence-corrected chi connectivity index (χ3v) is 9.63. The van der Waals surface area contributed by atoms with Crippen LogP contribution in [-0.4, -0.2) is 9.13 Å². The number of fused-ring (bicyclic) bond motifs is 6. The third-order valence-electron chi connectivity index (χ3n) is 9.63. The van der Waals surface area contributed by atoms with Gasteiger partial charge in [0.25, 0.3) is 0 Å². The van der Waals surface area contributed by atoms with Crippen LogP contribution in [0.1, 0.15) is 11.1 Å². The van der Waals surface area contributed by atoms with E-state index < -0.39 is 0 Å². The Morgan fingerprint density at radius 1 is 0.500 bits per heavy atom. The number of nitrogens with zero attached hydrogens (tertiary/aromatic N) is 5. The van der Waals surface area contributed by atoms with Crippen molar-refractivity contribution in [3.8, 4) is 45.8 Å². The number of aromatic nitrogens is 2. The second-order valence-electron chi connectivity index (χ2n) is 12.2. The lowest BCUT2D eigenvalue weighted by atomic mass is 9.89. The van der Waals surface area contributed by atoms with Crippen LogP contribution in [0, 0.1) is 29.2 Å². The van der Waals surface area contributed by atoms with Crippen LogP contribution in [0.15, 0.2) is 152 Å². The Balaban J connectivity index is 1.29. The molecule has 9 aromatic rings. The zero-order chi connectivity index (χ0) is 33.8. The smallest absolute Gasteiger partial charge is 0.195 e. The summed E-state index contributed by atoms with van der Waals surface area (Å²) in [5.41, 5.74) is 10.7. The first-order valence-corrected chi connectivity index (χ1v) is 16.3. The van der Waals surface area contributed by atoms with Crippen molar-refractivity contribution >= 4 is 49.3 Å². The van der Waals surface area contributed by atoms with E-state index in [1.54, 1.807) is 0 Å². The Labute approximate surface area is 288 Å². The van der Waals surface area contributed by atoms with Gasteiger partial charge in [-0.25, -0.2) is 4.85 Å². The van der Waals surface area contributed by atoms with Crippen LogP contribution in [0.25, 0.3) is 82.1 Å². The summed E-state index contributed by atoms with van der Waals surface area (Å²) in [6.07, 6.45) is 0. The standard InChI is InChI=1S/C45H25N5/c1-48-38-15-9-14-33(30-21-23-32(24-22-30)49-39-16-5-2-11-34(39)35-12-3-6-17-40(35)49)45(38)44-31(28-47)10-8-19-43(44)50-41-18-7-4-13-36(41)37-26-29(27-46)20-25-42(37)50/h2-26H. The van der Waals surface area contributed by atoms with E-state index in [1.165, 1.54) is 10.8 Å². The van der Waals surface area contributed by atoms with Gasteiger partial charge in [0.1, 0.15) is 0 Å². The van der Waals surface area contributed by atoms with Crippen molar-refractivity contribution in [3.63, 3.8) is 0 Å². The van der Waals surface area contributed by atoms with Crippen molar-refractivity contribution < 1.29 is 0 Å². The fraction of sp³-hybridized carbons (Fsp3) is 0. The molecule has 2 aromatic heterocycles. The van der Waals surface area contributed by atoms with Crippen LogP contribution in [0.5, 0.6) is 0 Å². The second kappa shape index (κ2) is 11.4. The van der Waals surface area contributed by atoms with Crippen LogP contribution >= 0.6 is 0 Å². The number of hydrogen-bond acceptors (Lipinski definition) is 2. The molecule has 0 radical (unpaired) electrons. The Kier molecular flexibility index (Phi) is 6.56. The minimum absolute atomic E-state index is 0.463. The SMILES string of the molecule is [C-]#[N+]c1cccc(-c2ccc(-n3c4ccccc4c4ccccc43)cc2)c1-c1c(C#N)cccc1-n1c2ccccc2c2cc(C#N)ccc21. The van der Waals surface area contributed by atoms with Gasteiger partial charge in [-0.05, 0) is 77.4 Å². The molecule has 0 fully saturated rings. The van der Waals surface area contributed by atoms with Gasteiger partial charge in [-0.2, -0.15) is 10.5 Å². The first kappa shape index (κ1) is 28.8. The molecule has 0 unspecified atom stereocenters. The molecule has 0 aliphatic rings. The van der Waals surface area contributed by atoms with E-state index in [0.29, 0.717) is 27.9 Å². The highest BCUT2D eigenvalue weighted by Gasteiger charge is 2.23. The lowest BCUT2D eigenvalue weighted by molar-refractivity contribution is 1.18. The predicted molar refractivity (Wildman–Crippen MR) is 202 cm³/mol. The number of para-hydroxylation sites is 3. The van der Waals surface area contributed by atoms with Crippen molar-refractivity contribution in [2.75, 3.05) is 0 Å². The first-order valence-electron chi connectivity index (χ1n) is 16.3. The molecule has 0 saturated heterocycles. The van der Waals surface area contributed by atoms with E-state index in [0.717, 1.165) is 55.3 Å². The van der Waals surface area contributed by atoms with Gasteiger partial charge >= 0.3 is 0 Å². The van der Waals surface area contributed by atoms with E-state index in [-0.39, 0.29) is 0 Å². The molecule has 5 nitrogen and oxygen atoms in total. The van der Waals surface area contributed by atoms with Gasteiger partial charge in [-0.15, -0.1) is 0 Å². The summed E-state index contributed by atoms with van der Waals surface area (Å²) in [5, 5.41) is 24.6. The lowest BCUT2D eigenvalue weighted by Crippen LogP contribution is -2.01. The van der Waals surface area contributed by atoms with Crippen molar-refractivity contribution in [1.82, 2.24) is 9.13 Å². The normalized spacial score (nSPS) is 11.1. The van der Waals surface area contributed by atoms with Crippen molar-refractivity contribution in [2.45, 2.75) is 0 Å². The van der Waals surface area contributed by atoms with E-state index in [1.807, 2.05) is 66.7 Å². The molecule has 0 atom stereocenters. The molecule has 9 rings (SSSR count). The summed E-state index contributed by atoms with van der Waals surface area (Å²) in [6, 6.07) is 55.3. The monoisotopic (exact) mass is 635 g/mol. The number of hydrogen-bond donors (Lipinski definition) is 0. The maximum atomic E-state index is 10.6. The van der Waals surface area contributed by atoms with Crippen molar-refractivity contribution in [3.05, 3.63) is 174 Å². The summed E-state index contributed by atoms with van der Waals surface area (Å²) in [5.74, 6) is 0. The number of rotatable bonds is 4. The van der Waals surface area contributed by atoms with Gasteiger partial charge in [-0.1, -0.05) is 91.0 Å². The highest BCUT2D eigenvalue weighted by atomic mass is 15.0. The second-order valence-corrected chi connectivity index (χ2v) is 12.2. The van der Waals surface area contributed by atoms with Gasteiger partial charge in [0.15, 0.2) is 5.69 Å². The summed E-state index contributed by atoms with van der Waals surface area (Å²) < 4.78 is 4.44. The van der Waals surface area contributed by atoms with E-state index in [2.05, 4.69) is 111 Å². The topological polar surface area (TPSA) is 61.8 Å². The lowest BCUT2D eigenvalue weighted by Gasteiger charge is -2.20.